The number of amides is 1. The second-order valence-electron chi connectivity index (χ2n) is 5.46. The van der Waals surface area contributed by atoms with E-state index in [0.29, 0.717) is 6.61 Å². The van der Waals surface area contributed by atoms with Crippen LogP contribution in [0.25, 0.3) is 0 Å². The van der Waals surface area contributed by atoms with Crippen LogP contribution in [0.2, 0.25) is 0 Å². The normalized spacial score (nSPS) is 20.3. The van der Waals surface area contributed by atoms with E-state index < -0.39 is 4.92 Å². The summed E-state index contributed by atoms with van der Waals surface area (Å²) in [5.41, 5.74) is 5.91. The lowest BCUT2D eigenvalue weighted by Gasteiger charge is -2.26. The number of carbonyl (C=O) groups is 1. The molecule has 1 aromatic rings. The Morgan fingerprint density at radius 1 is 1.39 bits per heavy atom. The average molecular weight is 344 g/mol. The Kier molecular flexibility index (Phi) is 7.25. The van der Waals surface area contributed by atoms with Gasteiger partial charge in [-0.15, -0.1) is 12.4 Å². The quantitative estimate of drug-likeness (QED) is 0.630. The van der Waals surface area contributed by atoms with Crippen LogP contribution in [0, 0.1) is 10.1 Å². The van der Waals surface area contributed by atoms with Crippen LogP contribution < -0.4 is 15.8 Å². The molecule has 8 heteroatoms. The number of hydrogen-bond donors (Lipinski definition) is 2. The second kappa shape index (κ2) is 8.69. The van der Waals surface area contributed by atoms with Crippen LogP contribution in [0.4, 0.5) is 5.69 Å². The third-order valence-corrected chi connectivity index (χ3v) is 3.82. The van der Waals surface area contributed by atoms with Crippen molar-refractivity contribution in [3.05, 3.63) is 33.9 Å². The number of hydrogen-bond acceptors (Lipinski definition) is 5. The molecule has 1 amide bonds. The molecule has 1 aromatic carbocycles. The number of nitrogens with one attached hydrogen (secondary N) is 1. The minimum absolute atomic E-state index is 0. The minimum Gasteiger partial charge on any atom is -0.487 e. The van der Waals surface area contributed by atoms with E-state index in [2.05, 4.69) is 5.32 Å². The Bertz CT molecular complexity index is 560. The SMILES string of the molecule is CCOc1ccc(C(=O)NC2CCC(N)CC2)cc1[N+](=O)[O-].Cl. The molecule has 0 atom stereocenters. The summed E-state index contributed by atoms with van der Waals surface area (Å²) in [6, 6.07) is 4.56. The first kappa shape index (κ1) is 19.2. The molecule has 23 heavy (non-hydrogen) atoms. The van der Waals surface area contributed by atoms with E-state index >= 15 is 0 Å². The summed E-state index contributed by atoms with van der Waals surface area (Å²) in [6.07, 6.45) is 3.45. The predicted molar refractivity (Wildman–Crippen MR) is 89.2 cm³/mol. The number of carbonyl (C=O) groups excluding carboxylic acids is 1. The van der Waals surface area contributed by atoms with E-state index in [1.165, 1.54) is 12.1 Å². The number of halogens is 1. The molecule has 7 nitrogen and oxygen atoms in total. The monoisotopic (exact) mass is 343 g/mol. The molecule has 1 aliphatic rings. The molecule has 0 unspecified atom stereocenters. The van der Waals surface area contributed by atoms with Gasteiger partial charge in [-0.05, 0) is 44.7 Å². The van der Waals surface area contributed by atoms with Crippen LogP contribution in [0.15, 0.2) is 18.2 Å². The molecule has 0 heterocycles. The van der Waals surface area contributed by atoms with E-state index in [1.807, 2.05) is 0 Å². The van der Waals surface area contributed by atoms with Gasteiger partial charge in [-0.1, -0.05) is 0 Å². The lowest BCUT2D eigenvalue weighted by molar-refractivity contribution is -0.385. The van der Waals surface area contributed by atoms with Crippen LogP contribution in [0.5, 0.6) is 5.75 Å². The van der Waals surface area contributed by atoms with Gasteiger partial charge in [0.15, 0.2) is 5.75 Å². The number of ether oxygens (including phenoxy) is 1. The lowest BCUT2D eigenvalue weighted by Crippen LogP contribution is -2.40. The molecule has 1 aliphatic carbocycles. The molecule has 128 valence electrons. The van der Waals surface area contributed by atoms with Crippen LogP contribution in [-0.4, -0.2) is 29.5 Å². The first-order chi connectivity index (χ1) is 10.5. The minimum atomic E-state index is -0.540. The Morgan fingerprint density at radius 3 is 2.61 bits per heavy atom. The number of nitrogens with two attached hydrogens (primary N) is 1. The van der Waals surface area contributed by atoms with Crippen molar-refractivity contribution in [2.75, 3.05) is 6.61 Å². The first-order valence-corrected chi connectivity index (χ1v) is 7.49. The molecular formula is C15H22ClN3O4. The fourth-order valence-electron chi connectivity index (χ4n) is 2.61. The van der Waals surface area contributed by atoms with Gasteiger partial charge in [0.05, 0.1) is 11.5 Å². The highest BCUT2D eigenvalue weighted by molar-refractivity contribution is 5.95. The van der Waals surface area contributed by atoms with Gasteiger partial charge in [-0.2, -0.15) is 0 Å². The van der Waals surface area contributed by atoms with E-state index in [-0.39, 0.29) is 47.4 Å². The molecular weight excluding hydrogens is 322 g/mol. The summed E-state index contributed by atoms with van der Waals surface area (Å²) in [4.78, 5) is 22.8. The van der Waals surface area contributed by atoms with Crippen LogP contribution in [-0.2, 0) is 0 Å². The topological polar surface area (TPSA) is 107 Å². The number of benzene rings is 1. The number of rotatable bonds is 5. The Hall–Kier alpha value is -1.86. The van der Waals surface area contributed by atoms with Gasteiger partial charge in [-0.3, -0.25) is 14.9 Å². The van der Waals surface area contributed by atoms with Gasteiger partial charge in [0, 0.05) is 23.7 Å². The maximum absolute atomic E-state index is 12.2. The zero-order chi connectivity index (χ0) is 16.1. The summed E-state index contributed by atoms with van der Waals surface area (Å²) in [5.74, 6) is -0.126. The van der Waals surface area contributed by atoms with Gasteiger partial charge in [0.1, 0.15) is 0 Å². The average Bonchev–Trinajstić information content (AvgIpc) is 2.50. The molecule has 0 aromatic heterocycles. The van der Waals surface area contributed by atoms with E-state index in [9.17, 15) is 14.9 Å². The third-order valence-electron chi connectivity index (χ3n) is 3.82. The van der Waals surface area contributed by atoms with E-state index in [0.717, 1.165) is 25.7 Å². The van der Waals surface area contributed by atoms with Gasteiger partial charge in [0.2, 0.25) is 0 Å². The highest BCUT2D eigenvalue weighted by Crippen LogP contribution is 2.28. The first-order valence-electron chi connectivity index (χ1n) is 7.49. The van der Waals surface area contributed by atoms with Gasteiger partial charge in [0.25, 0.3) is 5.91 Å². The number of nitro groups is 1. The largest absolute Gasteiger partial charge is 0.487 e. The van der Waals surface area contributed by atoms with E-state index in [4.69, 9.17) is 10.5 Å². The van der Waals surface area contributed by atoms with Crippen molar-refractivity contribution in [3.8, 4) is 5.75 Å². The fraction of sp³-hybridized carbons (Fsp3) is 0.533. The Morgan fingerprint density at radius 2 is 2.04 bits per heavy atom. The summed E-state index contributed by atoms with van der Waals surface area (Å²) < 4.78 is 5.21. The molecule has 1 saturated carbocycles. The standard InChI is InChI=1S/C15H21N3O4.ClH/c1-2-22-14-8-3-10(9-13(14)18(20)21)15(19)17-12-6-4-11(16)5-7-12;/h3,8-9,11-12H,2,4-7,16H2,1H3,(H,17,19);1H. The molecule has 2 rings (SSSR count). The zero-order valence-electron chi connectivity index (χ0n) is 13.0. The van der Waals surface area contributed by atoms with Gasteiger partial charge >= 0.3 is 5.69 Å². The van der Waals surface area contributed by atoms with Crippen molar-refractivity contribution < 1.29 is 14.5 Å². The summed E-state index contributed by atoms with van der Waals surface area (Å²) >= 11 is 0. The molecule has 0 saturated heterocycles. The predicted octanol–water partition coefficient (Wildman–Crippen LogP) is 2.42. The van der Waals surface area contributed by atoms with Crippen molar-refractivity contribution in [3.63, 3.8) is 0 Å². The van der Waals surface area contributed by atoms with Crippen molar-refractivity contribution in [1.29, 1.82) is 0 Å². The Balaban J connectivity index is 0.00000264. The Labute approximate surface area is 141 Å². The highest BCUT2D eigenvalue weighted by Gasteiger charge is 2.23. The maximum Gasteiger partial charge on any atom is 0.311 e. The molecule has 0 spiro atoms. The summed E-state index contributed by atoms with van der Waals surface area (Å²) in [7, 11) is 0. The maximum atomic E-state index is 12.2. The van der Waals surface area contributed by atoms with E-state index in [1.54, 1.807) is 13.0 Å². The molecule has 3 N–H and O–H groups in total. The van der Waals surface area contributed by atoms with Crippen LogP contribution in [0.3, 0.4) is 0 Å². The van der Waals surface area contributed by atoms with Crippen molar-refractivity contribution in [2.24, 2.45) is 5.73 Å². The van der Waals surface area contributed by atoms with Crippen molar-refractivity contribution in [1.82, 2.24) is 5.32 Å². The molecule has 0 bridgehead atoms. The zero-order valence-corrected chi connectivity index (χ0v) is 13.8. The van der Waals surface area contributed by atoms with Crippen LogP contribution in [0.1, 0.15) is 43.0 Å². The molecule has 1 fully saturated rings. The fourth-order valence-corrected chi connectivity index (χ4v) is 2.61. The number of nitrogens with zero attached hydrogens (tertiary/aromatic N) is 1. The summed E-state index contributed by atoms with van der Waals surface area (Å²) in [6.45, 7) is 2.08. The van der Waals surface area contributed by atoms with Crippen molar-refractivity contribution >= 4 is 24.0 Å². The van der Waals surface area contributed by atoms with Crippen LogP contribution >= 0.6 is 12.4 Å². The summed E-state index contributed by atoms with van der Waals surface area (Å²) in [5, 5.41) is 14.0. The molecule has 0 aliphatic heterocycles. The van der Waals surface area contributed by atoms with Gasteiger partial charge in [-0.25, -0.2) is 0 Å². The number of nitro benzene ring substituents is 1. The third kappa shape index (κ3) is 5.07. The molecule has 0 radical (unpaired) electrons. The smallest absolute Gasteiger partial charge is 0.311 e. The lowest BCUT2D eigenvalue weighted by atomic mass is 9.91. The van der Waals surface area contributed by atoms with Gasteiger partial charge < -0.3 is 15.8 Å². The second-order valence-corrected chi connectivity index (χ2v) is 5.46. The highest BCUT2D eigenvalue weighted by atomic mass is 35.5. The van der Waals surface area contributed by atoms with Crippen molar-refractivity contribution in [2.45, 2.75) is 44.7 Å².